The van der Waals surface area contributed by atoms with Crippen LogP contribution < -0.4 is 0 Å². The molecule has 0 amide bonds. The molecule has 6 unspecified atom stereocenters. The second kappa shape index (κ2) is 21.8. The minimum atomic E-state index is -0.193. The van der Waals surface area contributed by atoms with Gasteiger partial charge in [-0.1, -0.05) is 54.4 Å². The fourth-order valence-corrected chi connectivity index (χ4v) is 64.3. The second-order valence-electron chi connectivity index (χ2n) is 6.68. The van der Waals surface area contributed by atoms with Crippen molar-refractivity contribution in [1.82, 2.24) is 0 Å². The fourth-order valence-electron chi connectivity index (χ4n) is 1.27. The van der Waals surface area contributed by atoms with E-state index in [1.165, 1.54) is 18.2 Å². The zero-order valence-electron chi connectivity index (χ0n) is 18.2. The molecule has 0 saturated heterocycles. The number of rotatable bonds is 3. The predicted octanol–water partition coefficient (Wildman–Crippen LogP) is 12.8. The van der Waals surface area contributed by atoms with E-state index in [2.05, 4.69) is 48.9 Å². The van der Waals surface area contributed by atoms with Crippen molar-refractivity contribution in [2.45, 2.75) is 26.4 Å². The first-order chi connectivity index (χ1) is 15.5. The first-order valence-corrected chi connectivity index (χ1v) is 27.0. The second-order valence-corrected chi connectivity index (χ2v) is 40.3. The topological polar surface area (TPSA) is 49.7 Å². The quantitative estimate of drug-likeness (QED) is 0.239. The molecule has 2 aromatic rings. The van der Waals surface area contributed by atoms with Crippen molar-refractivity contribution in [2.24, 2.45) is 0 Å². The zero-order chi connectivity index (χ0) is 27.2. The third-order valence-corrected chi connectivity index (χ3v) is 49.2. The molecule has 0 radical (unpaired) electrons. The minimum Gasteiger partial charge on any atom is -0.506 e. The van der Waals surface area contributed by atoms with Crippen LogP contribution in [0, 0.1) is 3.57 Å². The number of benzene rings is 2. The number of hydrogen-bond acceptors (Lipinski definition) is 3. The fraction of sp³-hybridized carbons (Fsp3) is 0.250. The summed E-state index contributed by atoms with van der Waals surface area (Å²) in [5.74, 6) is 0.146. The average Bonchev–Trinajstić information content (AvgIpc) is 2.70. The summed E-state index contributed by atoms with van der Waals surface area (Å²) in [6.45, 7) is 6.31. The van der Waals surface area contributed by atoms with Crippen molar-refractivity contribution in [2.75, 3.05) is 0 Å². The molecular formula is C16H27Cl5IO3P9. The van der Waals surface area contributed by atoms with E-state index in [9.17, 15) is 0 Å². The molecule has 0 aliphatic rings. The Labute approximate surface area is 258 Å². The molecule has 18 heteroatoms. The molecule has 0 fully saturated rings. The average molecular weight is 850 g/mol. The Bertz CT molecular complexity index is 832. The van der Waals surface area contributed by atoms with E-state index >= 15 is 0 Å². The van der Waals surface area contributed by atoms with Gasteiger partial charge in [0, 0.05) is 10.0 Å². The summed E-state index contributed by atoms with van der Waals surface area (Å²) in [6.07, 6.45) is 0. The molecule has 0 saturated carbocycles. The third-order valence-electron chi connectivity index (χ3n) is 2.68. The van der Waals surface area contributed by atoms with Gasteiger partial charge in [0.25, 0.3) is 0 Å². The van der Waals surface area contributed by atoms with Gasteiger partial charge >= 0.3 is 0 Å². The molecule has 0 aromatic heterocycles. The number of aromatic hydroxyl groups is 2. The van der Waals surface area contributed by atoms with Gasteiger partial charge in [-0.3, -0.25) is 4.29 Å². The van der Waals surface area contributed by atoms with E-state index in [-0.39, 0.29) is 41.1 Å². The van der Waals surface area contributed by atoms with Gasteiger partial charge in [-0.05, 0) is 94.7 Å². The first kappa shape index (κ1) is 40.2. The van der Waals surface area contributed by atoms with Crippen molar-refractivity contribution in [3.05, 3.63) is 54.0 Å². The first-order valence-electron chi connectivity index (χ1n) is 8.59. The maximum atomic E-state index is 9.13. The molecule has 196 valence electrons. The largest absolute Gasteiger partial charge is 0.506 e. The van der Waals surface area contributed by atoms with Crippen LogP contribution in [0.5, 0.6) is 11.5 Å². The molecule has 2 aromatic carbocycles. The normalized spacial score (nSPS) is 11.1. The van der Waals surface area contributed by atoms with E-state index in [0.29, 0.717) is 20.6 Å². The highest BCUT2D eigenvalue weighted by atomic mass is 127. The summed E-state index contributed by atoms with van der Waals surface area (Å²) in [7, 11) is 15.6. The highest BCUT2D eigenvalue weighted by Crippen LogP contribution is 3.04. The van der Waals surface area contributed by atoms with Crippen molar-refractivity contribution in [1.29, 1.82) is 0 Å². The summed E-state index contributed by atoms with van der Waals surface area (Å²) >= 11 is 29.1. The van der Waals surface area contributed by atoms with Crippen LogP contribution in [0.1, 0.15) is 20.8 Å². The lowest BCUT2D eigenvalue weighted by Gasteiger charge is -2.22. The molecule has 0 spiro atoms. The SMILES string of the molecule is CC(C)(C)OCl.Oc1c(Cl)cc(Cl)cc1I.Oc1ccc(Cl)cc1Cl.PPP(P(P)P)P(P)P. The van der Waals surface area contributed by atoms with Gasteiger partial charge in [0.2, 0.25) is 0 Å². The van der Waals surface area contributed by atoms with Crippen molar-refractivity contribution in [3.63, 3.8) is 0 Å². The highest BCUT2D eigenvalue weighted by Gasteiger charge is 2.14. The zero-order valence-corrected chi connectivity index (χ0v) is 33.6. The molecule has 6 atom stereocenters. The Morgan fingerprint density at radius 1 is 0.882 bits per heavy atom. The Morgan fingerprint density at radius 2 is 1.32 bits per heavy atom. The molecule has 0 aliphatic carbocycles. The predicted molar refractivity (Wildman–Crippen MR) is 193 cm³/mol. The van der Waals surface area contributed by atoms with E-state index < -0.39 is 0 Å². The lowest BCUT2D eigenvalue weighted by atomic mass is 10.2. The van der Waals surface area contributed by atoms with Crippen LogP contribution in [-0.2, 0) is 4.29 Å². The summed E-state index contributed by atoms with van der Waals surface area (Å²) in [5, 5.41) is 19.6. The number of phenolic OH excluding ortho intramolecular Hbond substituents is 2. The Kier molecular flexibility index (Phi) is 25.7. The van der Waals surface area contributed by atoms with Crippen LogP contribution >= 0.6 is 154 Å². The number of phenols is 2. The van der Waals surface area contributed by atoms with E-state index in [1.807, 2.05) is 43.4 Å². The molecular weight excluding hydrogens is 823 g/mol. The standard InChI is InChI=1S/C6H3Cl2IO.C6H4Cl2O.C4H9ClO.H11P9/c7-3-1-4(8)6(10)5(9)2-3;7-4-1-2-6(9)5(8)3-4;1-4(2,3)6-5;1-6-9(7(2)3)8(4)5/h1-2,10H;1-3,9H;1-3H3;6H,1-5H2. The van der Waals surface area contributed by atoms with Gasteiger partial charge in [-0.2, -0.15) is 0 Å². The van der Waals surface area contributed by atoms with Gasteiger partial charge in [0.15, 0.2) is 0 Å². The molecule has 34 heavy (non-hydrogen) atoms. The summed E-state index contributed by atoms with van der Waals surface area (Å²) in [4.78, 5) is 0. The van der Waals surface area contributed by atoms with Crippen LogP contribution in [0.4, 0.5) is 0 Å². The molecule has 0 bridgehead atoms. The summed E-state index contributed by atoms with van der Waals surface area (Å²) < 4.78 is 5.07. The van der Waals surface area contributed by atoms with Gasteiger partial charge in [0.1, 0.15) is 11.5 Å². The maximum Gasteiger partial charge on any atom is 0.147 e. The smallest absolute Gasteiger partial charge is 0.147 e. The molecule has 2 rings (SSSR count). The van der Waals surface area contributed by atoms with Crippen molar-refractivity contribution >= 4 is 154 Å². The van der Waals surface area contributed by atoms with E-state index in [4.69, 9.17) is 68.5 Å². The number of halogens is 6. The Morgan fingerprint density at radius 3 is 1.59 bits per heavy atom. The van der Waals surface area contributed by atoms with E-state index in [1.54, 1.807) is 12.1 Å². The van der Waals surface area contributed by atoms with Crippen LogP contribution in [0.3, 0.4) is 0 Å². The van der Waals surface area contributed by atoms with Crippen LogP contribution in [0.25, 0.3) is 0 Å². The Balaban J connectivity index is 0. The summed E-state index contributed by atoms with van der Waals surface area (Å²) in [6, 6.07) is 7.65. The van der Waals surface area contributed by atoms with Crippen molar-refractivity contribution < 1.29 is 14.5 Å². The number of hydrogen-bond donors (Lipinski definition) is 2. The summed E-state index contributed by atoms with van der Waals surface area (Å²) in [5.41, 5.74) is -0.193. The van der Waals surface area contributed by atoms with Crippen LogP contribution in [-0.4, -0.2) is 15.8 Å². The molecule has 2 N–H and O–H groups in total. The lowest BCUT2D eigenvalue weighted by Crippen LogP contribution is -2.12. The molecule has 3 nitrogen and oxygen atoms in total. The maximum absolute atomic E-state index is 9.13. The monoisotopic (exact) mass is 848 g/mol. The lowest BCUT2D eigenvalue weighted by molar-refractivity contribution is 0.148. The highest BCUT2D eigenvalue weighted by molar-refractivity contribution is 14.1. The van der Waals surface area contributed by atoms with Crippen LogP contribution in [0.2, 0.25) is 20.1 Å². The minimum absolute atomic E-state index is 0.0565. The van der Waals surface area contributed by atoms with Gasteiger partial charge in [-0.25, -0.2) is 0 Å². The van der Waals surface area contributed by atoms with Gasteiger partial charge in [-0.15, -0.1) is 44.6 Å². The van der Waals surface area contributed by atoms with Crippen molar-refractivity contribution in [3.8, 4) is 11.5 Å². The molecule has 0 aliphatic heterocycles. The van der Waals surface area contributed by atoms with Crippen LogP contribution in [0.15, 0.2) is 30.3 Å². The molecule has 0 heterocycles. The van der Waals surface area contributed by atoms with E-state index in [0.717, 1.165) is 7.96 Å². The van der Waals surface area contributed by atoms with Gasteiger partial charge in [0.05, 0.1) is 31.1 Å². The third kappa shape index (κ3) is 20.9. The van der Waals surface area contributed by atoms with Gasteiger partial charge < -0.3 is 10.2 Å². The Hall–Kier alpha value is 4.05.